The van der Waals surface area contributed by atoms with E-state index < -0.39 is 17.7 Å². The molecule has 132 valence electrons. The van der Waals surface area contributed by atoms with E-state index in [2.05, 4.69) is 10.4 Å². The highest BCUT2D eigenvalue weighted by Crippen LogP contribution is 2.19. The van der Waals surface area contributed by atoms with E-state index in [4.69, 9.17) is 0 Å². The number of hydrogen-bond acceptors (Lipinski definition) is 3. The monoisotopic (exact) mass is 353 g/mol. The zero-order valence-electron chi connectivity index (χ0n) is 13.9. The molecule has 1 aromatic heterocycles. The lowest BCUT2D eigenvalue weighted by atomic mass is 10.0. The number of carboxylic acids is 1. The first kappa shape index (κ1) is 17.3. The van der Waals surface area contributed by atoms with E-state index in [9.17, 15) is 19.1 Å². The van der Waals surface area contributed by atoms with E-state index in [1.54, 1.807) is 43.3 Å². The van der Waals surface area contributed by atoms with Gasteiger partial charge in [-0.2, -0.15) is 5.10 Å². The Morgan fingerprint density at radius 3 is 2.65 bits per heavy atom. The van der Waals surface area contributed by atoms with Crippen LogP contribution in [0.4, 0.5) is 10.2 Å². The number of aryl methyl sites for hydroxylation is 1. The molecule has 6 nitrogen and oxygen atoms in total. The number of aromatic nitrogens is 2. The number of aromatic carboxylic acids is 1. The number of nitrogens with zero attached hydrogens (tertiary/aromatic N) is 2. The minimum atomic E-state index is -1.09. The number of amides is 1. The minimum Gasteiger partial charge on any atom is -0.478 e. The molecule has 2 N–H and O–H groups in total. The summed E-state index contributed by atoms with van der Waals surface area (Å²) in [5.41, 5.74) is 1.61. The Morgan fingerprint density at radius 2 is 1.92 bits per heavy atom. The quantitative estimate of drug-likeness (QED) is 0.738. The second-order valence-corrected chi connectivity index (χ2v) is 5.75. The Morgan fingerprint density at radius 1 is 1.15 bits per heavy atom. The Bertz CT molecular complexity index is 982. The number of carbonyl (C=O) groups excluding carboxylic acids is 1. The molecule has 0 aliphatic heterocycles. The molecule has 0 unspecified atom stereocenters. The minimum absolute atomic E-state index is 0.0810. The van der Waals surface area contributed by atoms with E-state index >= 15 is 0 Å². The van der Waals surface area contributed by atoms with Crippen LogP contribution in [0.2, 0.25) is 0 Å². The highest BCUT2D eigenvalue weighted by molar-refractivity contribution is 5.95. The second-order valence-electron chi connectivity index (χ2n) is 5.75. The van der Waals surface area contributed by atoms with Crippen molar-refractivity contribution in [2.24, 2.45) is 0 Å². The molecule has 0 aliphatic rings. The number of benzene rings is 2. The summed E-state index contributed by atoms with van der Waals surface area (Å²) in [6, 6.07) is 13.8. The van der Waals surface area contributed by atoms with Gasteiger partial charge in [0.25, 0.3) is 0 Å². The van der Waals surface area contributed by atoms with Crippen LogP contribution in [0.5, 0.6) is 0 Å². The average molecular weight is 353 g/mol. The van der Waals surface area contributed by atoms with Gasteiger partial charge >= 0.3 is 5.97 Å². The van der Waals surface area contributed by atoms with Crippen LogP contribution in [-0.4, -0.2) is 26.8 Å². The van der Waals surface area contributed by atoms with E-state index in [1.807, 2.05) is 0 Å². The molecule has 1 heterocycles. The lowest BCUT2D eigenvalue weighted by Gasteiger charge is -2.10. The number of hydrogen-bond donors (Lipinski definition) is 2. The van der Waals surface area contributed by atoms with Crippen molar-refractivity contribution < 1.29 is 19.1 Å². The highest BCUT2D eigenvalue weighted by atomic mass is 19.1. The van der Waals surface area contributed by atoms with Crippen LogP contribution in [0.25, 0.3) is 5.69 Å². The molecule has 0 fully saturated rings. The summed E-state index contributed by atoms with van der Waals surface area (Å²) in [7, 11) is 0. The fourth-order valence-electron chi connectivity index (χ4n) is 2.64. The third kappa shape index (κ3) is 3.77. The van der Waals surface area contributed by atoms with Crippen molar-refractivity contribution in [2.45, 2.75) is 13.3 Å². The second kappa shape index (κ2) is 7.18. The van der Waals surface area contributed by atoms with Crippen LogP contribution in [0.15, 0.2) is 54.6 Å². The van der Waals surface area contributed by atoms with Crippen molar-refractivity contribution >= 4 is 17.7 Å². The van der Waals surface area contributed by atoms with Gasteiger partial charge in [0, 0.05) is 6.07 Å². The molecule has 7 heteroatoms. The van der Waals surface area contributed by atoms with E-state index in [-0.39, 0.29) is 12.0 Å². The maximum atomic E-state index is 13.5. The number of carboxylic acid groups (broad SMARTS) is 1. The summed E-state index contributed by atoms with van der Waals surface area (Å²) in [4.78, 5) is 23.7. The van der Waals surface area contributed by atoms with Gasteiger partial charge in [0.1, 0.15) is 11.6 Å². The van der Waals surface area contributed by atoms with Crippen LogP contribution in [0.1, 0.15) is 21.6 Å². The summed E-state index contributed by atoms with van der Waals surface area (Å²) in [6.07, 6.45) is -0.101. The van der Waals surface area contributed by atoms with Gasteiger partial charge in [0.05, 0.1) is 23.4 Å². The Balaban J connectivity index is 1.84. The molecular formula is C19H16FN3O3. The lowest BCUT2D eigenvalue weighted by molar-refractivity contribution is -0.115. The van der Waals surface area contributed by atoms with Gasteiger partial charge < -0.3 is 10.4 Å². The molecule has 26 heavy (non-hydrogen) atoms. The van der Waals surface area contributed by atoms with Gasteiger partial charge in [-0.1, -0.05) is 24.3 Å². The average Bonchev–Trinajstić information content (AvgIpc) is 2.95. The molecular weight excluding hydrogens is 337 g/mol. The molecule has 3 aromatic rings. The number of halogens is 1. The molecule has 0 bridgehead atoms. The first-order valence-corrected chi connectivity index (χ1v) is 7.87. The van der Waals surface area contributed by atoms with Crippen molar-refractivity contribution in [2.75, 3.05) is 5.32 Å². The smallest absolute Gasteiger partial charge is 0.335 e. The van der Waals surface area contributed by atoms with Gasteiger partial charge in [0.2, 0.25) is 5.91 Å². The molecule has 0 saturated carbocycles. The Kier molecular flexibility index (Phi) is 4.79. The van der Waals surface area contributed by atoms with Crippen molar-refractivity contribution in [3.8, 4) is 5.69 Å². The first-order valence-electron chi connectivity index (χ1n) is 7.87. The largest absolute Gasteiger partial charge is 0.478 e. The number of nitrogens with one attached hydrogen (secondary N) is 1. The molecule has 1 amide bonds. The van der Waals surface area contributed by atoms with Crippen LogP contribution in [0, 0.1) is 12.7 Å². The molecule has 3 rings (SSSR count). The molecule has 0 radical (unpaired) electrons. The Hall–Kier alpha value is -3.48. The van der Waals surface area contributed by atoms with Crippen LogP contribution in [0.3, 0.4) is 0 Å². The SMILES string of the molecule is Cc1cc(NC(=O)Cc2ccccc2C(=O)O)n(-c2cccc(F)c2)n1. The lowest BCUT2D eigenvalue weighted by Crippen LogP contribution is -2.18. The summed E-state index contributed by atoms with van der Waals surface area (Å²) in [5, 5.41) is 16.2. The predicted molar refractivity (Wildman–Crippen MR) is 94.0 cm³/mol. The van der Waals surface area contributed by atoms with E-state index in [1.165, 1.54) is 22.9 Å². The first-order chi connectivity index (χ1) is 12.4. The molecule has 0 atom stereocenters. The standard InChI is InChI=1S/C19H16FN3O3/c1-12-9-17(23(22-12)15-7-4-6-14(20)11-15)21-18(24)10-13-5-2-3-8-16(13)19(25)26/h2-9,11H,10H2,1H3,(H,21,24)(H,25,26). The topological polar surface area (TPSA) is 84.2 Å². The zero-order chi connectivity index (χ0) is 18.7. The van der Waals surface area contributed by atoms with Gasteiger partial charge in [-0.05, 0) is 36.8 Å². The predicted octanol–water partition coefficient (Wildman–Crippen LogP) is 3.20. The highest BCUT2D eigenvalue weighted by Gasteiger charge is 2.15. The summed E-state index contributed by atoms with van der Waals surface area (Å²) < 4.78 is 14.9. The third-order valence-electron chi connectivity index (χ3n) is 3.75. The summed E-state index contributed by atoms with van der Waals surface area (Å²) in [5.74, 6) is -1.51. The number of rotatable bonds is 5. The van der Waals surface area contributed by atoms with Crippen LogP contribution >= 0.6 is 0 Å². The van der Waals surface area contributed by atoms with Gasteiger partial charge in [-0.3, -0.25) is 4.79 Å². The number of anilines is 1. The normalized spacial score (nSPS) is 10.5. The van der Waals surface area contributed by atoms with E-state index in [0.29, 0.717) is 22.8 Å². The summed E-state index contributed by atoms with van der Waals surface area (Å²) in [6.45, 7) is 1.76. The van der Waals surface area contributed by atoms with Crippen LogP contribution < -0.4 is 5.32 Å². The molecule has 0 saturated heterocycles. The maximum Gasteiger partial charge on any atom is 0.335 e. The van der Waals surface area contributed by atoms with Crippen molar-refractivity contribution in [1.29, 1.82) is 0 Å². The van der Waals surface area contributed by atoms with Crippen molar-refractivity contribution in [1.82, 2.24) is 9.78 Å². The van der Waals surface area contributed by atoms with Crippen molar-refractivity contribution in [3.63, 3.8) is 0 Å². The van der Waals surface area contributed by atoms with E-state index in [0.717, 1.165) is 0 Å². The Labute approximate surface area is 148 Å². The summed E-state index contributed by atoms with van der Waals surface area (Å²) >= 11 is 0. The molecule has 2 aromatic carbocycles. The fraction of sp³-hybridized carbons (Fsp3) is 0.105. The van der Waals surface area contributed by atoms with Gasteiger partial charge in [-0.25, -0.2) is 13.9 Å². The van der Waals surface area contributed by atoms with Crippen LogP contribution in [-0.2, 0) is 11.2 Å². The fourth-order valence-corrected chi connectivity index (χ4v) is 2.64. The molecule has 0 spiro atoms. The van der Waals surface area contributed by atoms with Gasteiger partial charge in [0.15, 0.2) is 0 Å². The maximum absolute atomic E-state index is 13.5. The third-order valence-corrected chi connectivity index (χ3v) is 3.75. The van der Waals surface area contributed by atoms with Gasteiger partial charge in [-0.15, -0.1) is 0 Å². The molecule has 0 aliphatic carbocycles. The number of carbonyl (C=O) groups is 2. The zero-order valence-corrected chi connectivity index (χ0v) is 13.9. The van der Waals surface area contributed by atoms with Crippen molar-refractivity contribution in [3.05, 3.63) is 77.2 Å².